The topological polar surface area (TPSA) is 32.3 Å². The molecule has 3 aliphatic rings. The molecular weight excluding hydrogens is 224 g/mol. The molecule has 2 aliphatic heterocycles. The Balaban J connectivity index is 1.61. The van der Waals surface area contributed by atoms with Gasteiger partial charge in [0, 0.05) is 19.1 Å². The van der Waals surface area contributed by atoms with E-state index in [-0.39, 0.29) is 5.92 Å². The standard InChI is InChI=1S/C15H26N2O/c1-11-14(6-8-16-11)15(18)17-9-7-12-4-2-3-5-13(12)10-17/h11-14,16H,2-10H2,1H3. The highest BCUT2D eigenvalue weighted by atomic mass is 16.2. The quantitative estimate of drug-likeness (QED) is 0.772. The summed E-state index contributed by atoms with van der Waals surface area (Å²) in [6.45, 7) is 5.23. The van der Waals surface area contributed by atoms with Crippen LogP contribution in [0.2, 0.25) is 0 Å². The summed E-state index contributed by atoms with van der Waals surface area (Å²) in [5, 5.41) is 3.40. The lowest BCUT2D eigenvalue weighted by Crippen LogP contribution is -2.48. The number of amides is 1. The summed E-state index contributed by atoms with van der Waals surface area (Å²) < 4.78 is 0. The number of piperidine rings is 1. The Labute approximate surface area is 110 Å². The fourth-order valence-corrected chi connectivity index (χ4v) is 4.23. The number of carbonyl (C=O) groups is 1. The van der Waals surface area contributed by atoms with Crippen molar-refractivity contribution in [1.29, 1.82) is 0 Å². The van der Waals surface area contributed by atoms with Gasteiger partial charge in [0.15, 0.2) is 0 Å². The van der Waals surface area contributed by atoms with Crippen molar-refractivity contribution >= 4 is 5.91 Å². The van der Waals surface area contributed by atoms with Crippen molar-refractivity contribution in [2.75, 3.05) is 19.6 Å². The lowest BCUT2D eigenvalue weighted by Gasteiger charge is -2.42. The molecule has 0 radical (unpaired) electrons. The Morgan fingerprint density at radius 3 is 2.61 bits per heavy atom. The summed E-state index contributed by atoms with van der Waals surface area (Å²) in [6.07, 6.45) is 7.85. The number of hydrogen-bond donors (Lipinski definition) is 1. The molecule has 102 valence electrons. The highest BCUT2D eigenvalue weighted by molar-refractivity contribution is 5.80. The van der Waals surface area contributed by atoms with Gasteiger partial charge in [-0.3, -0.25) is 4.79 Å². The maximum Gasteiger partial charge on any atom is 0.227 e. The van der Waals surface area contributed by atoms with Gasteiger partial charge in [-0.05, 0) is 44.6 Å². The van der Waals surface area contributed by atoms with E-state index in [0.717, 1.165) is 37.9 Å². The van der Waals surface area contributed by atoms with Crippen molar-refractivity contribution in [2.24, 2.45) is 17.8 Å². The van der Waals surface area contributed by atoms with Gasteiger partial charge in [0.1, 0.15) is 0 Å². The second-order valence-electron chi connectivity index (χ2n) is 6.52. The highest BCUT2D eigenvalue weighted by Crippen LogP contribution is 2.36. The van der Waals surface area contributed by atoms with E-state index in [1.54, 1.807) is 0 Å². The summed E-state index contributed by atoms with van der Waals surface area (Å²) in [6, 6.07) is 0.376. The molecule has 0 aromatic carbocycles. The molecule has 2 heterocycles. The summed E-state index contributed by atoms with van der Waals surface area (Å²) in [5.41, 5.74) is 0. The van der Waals surface area contributed by atoms with E-state index in [0.29, 0.717) is 11.9 Å². The van der Waals surface area contributed by atoms with Crippen molar-refractivity contribution in [3.63, 3.8) is 0 Å². The van der Waals surface area contributed by atoms with Gasteiger partial charge >= 0.3 is 0 Å². The number of fused-ring (bicyclic) bond motifs is 1. The SMILES string of the molecule is CC1NCCC1C(=O)N1CCC2CCCCC2C1. The van der Waals surface area contributed by atoms with Crippen molar-refractivity contribution in [3.05, 3.63) is 0 Å². The molecule has 1 saturated carbocycles. The number of rotatable bonds is 1. The molecule has 2 saturated heterocycles. The molecule has 4 atom stereocenters. The van der Waals surface area contributed by atoms with Crippen molar-refractivity contribution in [3.8, 4) is 0 Å². The van der Waals surface area contributed by atoms with E-state index in [4.69, 9.17) is 0 Å². The minimum Gasteiger partial charge on any atom is -0.342 e. The Bertz CT molecular complexity index is 318. The van der Waals surface area contributed by atoms with Crippen LogP contribution in [0, 0.1) is 17.8 Å². The number of carbonyl (C=O) groups excluding carboxylic acids is 1. The first kappa shape index (κ1) is 12.5. The van der Waals surface area contributed by atoms with E-state index in [1.165, 1.54) is 32.1 Å². The molecular formula is C15H26N2O. The molecule has 4 unspecified atom stereocenters. The third-order valence-electron chi connectivity index (χ3n) is 5.45. The lowest BCUT2D eigenvalue weighted by atomic mass is 9.75. The normalized spacial score (nSPS) is 40.6. The van der Waals surface area contributed by atoms with Crippen LogP contribution < -0.4 is 5.32 Å². The molecule has 3 heteroatoms. The summed E-state index contributed by atoms with van der Waals surface area (Å²) in [4.78, 5) is 14.8. The molecule has 0 aromatic heterocycles. The average Bonchev–Trinajstić information content (AvgIpc) is 2.83. The van der Waals surface area contributed by atoms with Crippen molar-refractivity contribution < 1.29 is 4.79 Å². The van der Waals surface area contributed by atoms with Crippen LogP contribution in [0.3, 0.4) is 0 Å². The Kier molecular flexibility index (Phi) is 3.60. The Morgan fingerprint density at radius 1 is 1.11 bits per heavy atom. The molecule has 3 rings (SSSR count). The van der Waals surface area contributed by atoms with E-state index >= 15 is 0 Å². The first-order valence-corrected chi connectivity index (χ1v) is 7.78. The van der Waals surface area contributed by atoms with Gasteiger partial charge in [-0.2, -0.15) is 0 Å². The van der Waals surface area contributed by atoms with Crippen LogP contribution in [-0.2, 0) is 4.79 Å². The lowest BCUT2D eigenvalue weighted by molar-refractivity contribution is -0.138. The Hall–Kier alpha value is -0.570. The van der Waals surface area contributed by atoms with Crippen molar-refractivity contribution in [2.45, 2.75) is 51.5 Å². The molecule has 0 aromatic rings. The van der Waals surface area contributed by atoms with Gasteiger partial charge in [-0.1, -0.05) is 19.3 Å². The van der Waals surface area contributed by atoms with Gasteiger partial charge in [-0.25, -0.2) is 0 Å². The largest absolute Gasteiger partial charge is 0.342 e. The molecule has 1 N–H and O–H groups in total. The molecule has 1 amide bonds. The molecule has 1 aliphatic carbocycles. The zero-order valence-corrected chi connectivity index (χ0v) is 11.5. The minimum absolute atomic E-state index is 0.241. The fraction of sp³-hybridized carbons (Fsp3) is 0.933. The first-order valence-electron chi connectivity index (χ1n) is 7.78. The number of nitrogens with zero attached hydrogens (tertiary/aromatic N) is 1. The Morgan fingerprint density at radius 2 is 1.89 bits per heavy atom. The minimum atomic E-state index is 0.241. The van der Waals surface area contributed by atoms with Crippen LogP contribution in [0.5, 0.6) is 0 Å². The summed E-state index contributed by atoms with van der Waals surface area (Å²) in [7, 11) is 0. The predicted molar refractivity (Wildman–Crippen MR) is 72.2 cm³/mol. The maximum atomic E-state index is 12.6. The molecule has 0 spiro atoms. The zero-order valence-electron chi connectivity index (χ0n) is 11.5. The predicted octanol–water partition coefficient (Wildman–Crippen LogP) is 2.02. The summed E-state index contributed by atoms with van der Waals surface area (Å²) >= 11 is 0. The van der Waals surface area contributed by atoms with E-state index < -0.39 is 0 Å². The first-order chi connectivity index (χ1) is 8.75. The third kappa shape index (κ3) is 2.29. The van der Waals surface area contributed by atoms with Gasteiger partial charge < -0.3 is 10.2 Å². The maximum absolute atomic E-state index is 12.6. The van der Waals surface area contributed by atoms with Crippen LogP contribution >= 0.6 is 0 Å². The van der Waals surface area contributed by atoms with Crippen LogP contribution in [0.15, 0.2) is 0 Å². The van der Waals surface area contributed by atoms with Gasteiger partial charge in [0.05, 0.1) is 5.92 Å². The average molecular weight is 250 g/mol. The van der Waals surface area contributed by atoms with Crippen LogP contribution in [0.1, 0.15) is 45.4 Å². The van der Waals surface area contributed by atoms with E-state index in [9.17, 15) is 4.79 Å². The zero-order chi connectivity index (χ0) is 12.5. The van der Waals surface area contributed by atoms with Crippen molar-refractivity contribution in [1.82, 2.24) is 10.2 Å². The molecule has 3 nitrogen and oxygen atoms in total. The monoisotopic (exact) mass is 250 g/mol. The van der Waals surface area contributed by atoms with E-state index in [1.807, 2.05) is 0 Å². The van der Waals surface area contributed by atoms with Crippen LogP contribution in [0.4, 0.5) is 0 Å². The summed E-state index contributed by atoms with van der Waals surface area (Å²) in [5.74, 6) is 2.39. The second kappa shape index (κ2) is 5.20. The number of likely N-dealkylation sites (tertiary alicyclic amines) is 1. The second-order valence-corrected chi connectivity index (χ2v) is 6.52. The molecule has 3 fully saturated rings. The smallest absolute Gasteiger partial charge is 0.227 e. The third-order valence-corrected chi connectivity index (χ3v) is 5.45. The highest BCUT2D eigenvalue weighted by Gasteiger charge is 2.37. The number of hydrogen-bond acceptors (Lipinski definition) is 2. The molecule has 0 bridgehead atoms. The van der Waals surface area contributed by atoms with Gasteiger partial charge in [-0.15, -0.1) is 0 Å². The fourth-order valence-electron chi connectivity index (χ4n) is 4.23. The van der Waals surface area contributed by atoms with Crippen LogP contribution in [-0.4, -0.2) is 36.5 Å². The van der Waals surface area contributed by atoms with Gasteiger partial charge in [0.2, 0.25) is 5.91 Å². The number of nitrogens with one attached hydrogen (secondary N) is 1. The van der Waals surface area contributed by atoms with Crippen LogP contribution in [0.25, 0.3) is 0 Å². The van der Waals surface area contributed by atoms with Gasteiger partial charge in [0.25, 0.3) is 0 Å². The van der Waals surface area contributed by atoms with E-state index in [2.05, 4.69) is 17.1 Å². The molecule has 18 heavy (non-hydrogen) atoms.